The standard InChI is InChI=1S/C54H79NO17/c1-33-20-16-13-11-9-7-5-6-8-10-12-14-19-23-41(71-53-51(65)48(55)50(64)36(4)70-53)29-45-47(52(66)68-32-37-21-17-15-18-22-37)44(61)31-54(67,72-45)30-40(58)27-43(60)42(59)25-24-38(56)26-39(57)28-46(62)69-35(3)34(2)49(33)63/h5-23,33-36,38-45,47-51,53,56-61,63-65,67H,24-32,55H2,1-4H3/b6-5+,9-7+,10-8+,13-11+,14-12+,20-16+,23-19+/t33-,34-,35-,36+,38+,39+,40-,41-,42+,43+,44-,45?,47+,48-,49+,50+,51+,53?,54+/m0/s1. The molecule has 19 atom stereocenters. The Morgan fingerprint density at radius 2 is 1.26 bits per heavy atom. The number of rotatable bonds is 5. The number of nitrogens with two attached hydrogens (primary N) is 1. The normalized spacial score (nSPS) is 42.1. The Hall–Kier alpha value is -4.22. The molecule has 402 valence electrons. The first-order valence-corrected chi connectivity index (χ1v) is 24.9. The van der Waals surface area contributed by atoms with Gasteiger partial charge in [0.15, 0.2) is 12.1 Å². The van der Waals surface area contributed by atoms with Crippen LogP contribution < -0.4 is 5.73 Å². The van der Waals surface area contributed by atoms with Crippen molar-refractivity contribution in [3.05, 3.63) is 121 Å². The fourth-order valence-corrected chi connectivity index (χ4v) is 8.78. The summed E-state index contributed by atoms with van der Waals surface area (Å²) < 4.78 is 29.4. The van der Waals surface area contributed by atoms with Crippen molar-refractivity contribution in [2.45, 2.75) is 183 Å². The third-order valence-electron chi connectivity index (χ3n) is 13.2. The van der Waals surface area contributed by atoms with Gasteiger partial charge in [-0.15, -0.1) is 0 Å². The molecule has 18 nitrogen and oxygen atoms in total. The Morgan fingerprint density at radius 3 is 1.89 bits per heavy atom. The molecule has 12 N–H and O–H groups in total. The van der Waals surface area contributed by atoms with Crippen molar-refractivity contribution in [2.24, 2.45) is 23.5 Å². The predicted octanol–water partition coefficient (Wildman–Crippen LogP) is 2.37. The zero-order valence-electron chi connectivity index (χ0n) is 41.6. The number of carbonyl (C=O) groups excluding carboxylic acids is 2. The Labute approximate surface area is 422 Å². The summed E-state index contributed by atoms with van der Waals surface area (Å²) in [4.78, 5) is 26.6. The van der Waals surface area contributed by atoms with Crippen LogP contribution in [0.3, 0.4) is 0 Å². The van der Waals surface area contributed by atoms with E-state index in [1.807, 2.05) is 43.4 Å². The van der Waals surface area contributed by atoms with E-state index < -0.39 is 147 Å². The lowest BCUT2D eigenvalue weighted by molar-refractivity contribution is -0.309. The maximum atomic E-state index is 13.9. The molecule has 0 saturated carbocycles. The van der Waals surface area contributed by atoms with E-state index in [1.54, 1.807) is 99.7 Å². The second-order valence-electron chi connectivity index (χ2n) is 19.3. The molecule has 0 amide bonds. The van der Waals surface area contributed by atoms with Crippen LogP contribution in [0.15, 0.2) is 115 Å². The largest absolute Gasteiger partial charge is 0.462 e. The van der Waals surface area contributed by atoms with Crippen LogP contribution in [0.25, 0.3) is 0 Å². The summed E-state index contributed by atoms with van der Waals surface area (Å²) in [7, 11) is 0. The van der Waals surface area contributed by atoms with Gasteiger partial charge < -0.3 is 80.5 Å². The van der Waals surface area contributed by atoms with Crippen LogP contribution in [-0.2, 0) is 39.9 Å². The minimum atomic E-state index is -2.31. The number of cyclic esters (lactones) is 1. The van der Waals surface area contributed by atoms with Crippen molar-refractivity contribution in [3.8, 4) is 0 Å². The lowest BCUT2D eigenvalue weighted by Crippen LogP contribution is -2.61. The summed E-state index contributed by atoms with van der Waals surface area (Å²) in [6, 6.07) is 7.68. The van der Waals surface area contributed by atoms with E-state index >= 15 is 0 Å². The Kier molecular flexibility index (Phi) is 25.3. The monoisotopic (exact) mass is 1010 g/mol. The molecule has 3 aliphatic rings. The first-order valence-electron chi connectivity index (χ1n) is 24.9. The minimum Gasteiger partial charge on any atom is -0.462 e. The number of hydrogen-bond acceptors (Lipinski definition) is 18. The van der Waals surface area contributed by atoms with Gasteiger partial charge >= 0.3 is 11.9 Å². The second kappa shape index (κ2) is 30.2. The van der Waals surface area contributed by atoms with Crippen LogP contribution in [0, 0.1) is 17.8 Å². The van der Waals surface area contributed by atoms with Crippen molar-refractivity contribution >= 4 is 11.9 Å². The molecule has 0 radical (unpaired) electrons. The highest BCUT2D eigenvalue weighted by Crippen LogP contribution is 2.39. The average Bonchev–Trinajstić information content (AvgIpc) is 3.32. The van der Waals surface area contributed by atoms with Gasteiger partial charge in [0, 0.05) is 37.5 Å². The molecule has 0 aliphatic carbocycles. The van der Waals surface area contributed by atoms with E-state index in [2.05, 4.69) is 0 Å². The molecule has 0 spiro atoms. The quantitative estimate of drug-likeness (QED) is 0.189. The van der Waals surface area contributed by atoms with E-state index in [9.17, 15) is 60.7 Å². The number of aliphatic hydroxyl groups is 10. The van der Waals surface area contributed by atoms with Gasteiger partial charge in [-0.25, -0.2) is 0 Å². The summed E-state index contributed by atoms with van der Waals surface area (Å²) in [6.07, 6.45) is 4.20. The van der Waals surface area contributed by atoms with Gasteiger partial charge in [0.05, 0.1) is 79.6 Å². The van der Waals surface area contributed by atoms with Gasteiger partial charge in [0.25, 0.3) is 0 Å². The third-order valence-corrected chi connectivity index (χ3v) is 13.2. The van der Waals surface area contributed by atoms with Gasteiger partial charge in [-0.3, -0.25) is 9.59 Å². The summed E-state index contributed by atoms with van der Waals surface area (Å²) in [5.74, 6) is -6.04. The SMILES string of the molecule is C[C@@H]1[C@H](O)[C@@H](C)/C=C/C=C/C=C/C=C/C=C/C=C/C=C/[C@H](OC2O[C@H](C)[C@@H](O)[C@H](N)[C@H]2O)CC2O[C@](O)(C[C@@H](O)C[C@@H](O)[C@H](O)CC[C@@H](O)C[C@@H](O)CC(=O)O[C@H]1C)C[C@H](O)[C@H]2C(=O)OCc1ccccc1. The third kappa shape index (κ3) is 19.9. The molecule has 2 unspecified atom stereocenters. The summed E-state index contributed by atoms with van der Waals surface area (Å²) in [6.45, 7) is 6.64. The molecule has 18 heteroatoms. The molecule has 3 aliphatic heterocycles. The number of carbonyl (C=O) groups is 2. The lowest BCUT2D eigenvalue weighted by atomic mass is 9.82. The van der Waals surface area contributed by atoms with Crippen LogP contribution >= 0.6 is 0 Å². The van der Waals surface area contributed by atoms with Crippen molar-refractivity contribution in [3.63, 3.8) is 0 Å². The molecule has 2 saturated heterocycles. The van der Waals surface area contributed by atoms with Crippen LogP contribution in [0.4, 0.5) is 0 Å². The molecular formula is C54H79NO17. The topological polar surface area (TPSA) is 309 Å². The van der Waals surface area contributed by atoms with E-state index in [4.69, 9.17) is 29.4 Å². The highest BCUT2D eigenvalue weighted by molar-refractivity contribution is 5.74. The van der Waals surface area contributed by atoms with Gasteiger partial charge in [-0.05, 0) is 38.7 Å². The Morgan fingerprint density at radius 1 is 0.667 bits per heavy atom. The maximum absolute atomic E-state index is 13.9. The molecule has 1 aromatic rings. The van der Waals surface area contributed by atoms with Gasteiger partial charge in [-0.1, -0.05) is 129 Å². The first kappa shape index (κ1) is 60.3. The number of fused-ring (bicyclic) bond motifs is 2. The van der Waals surface area contributed by atoms with Crippen molar-refractivity contribution in [1.82, 2.24) is 0 Å². The van der Waals surface area contributed by atoms with Crippen LogP contribution in [0.5, 0.6) is 0 Å². The fraction of sp³-hybridized carbons (Fsp3) is 0.593. The zero-order valence-corrected chi connectivity index (χ0v) is 41.6. The molecular weight excluding hydrogens is 935 g/mol. The van der Waals surface area contributed by atoms with Crippen molar-refractivity contribution < 1.29 is 84.3 Å². The summed E-state index contributed by atoms with van der Waals surface area (Å²) in [5.41, 5.74) is 6.78. The van der Waals surface area contributed by atoms with E-state index in [-0.39, 0.29) is 38.2 Å². The first-order chi connectivity index (χ1) is 34.2. The molecule has 2 fully saturated rings. The molecule has 3 heterocycles. The predicted molar refractivity (Wildman–Crippen MR) is 266 cm³/mol. The summed E-state index contributed by atoms with van der Waals surface area (Å²) >= 11 is 0. The van der Waals surface area contributed by atoms with Crippen LogP contribution in [-0.4, -0.2) is 160 Å². The van der Waals surface area contributed by atoms with Crippen LogP contribution in [0.1, 0.15) is 84.6 Å². The van der Waals surface area contributed by atoms with Gasteiger partial charge in [0.2, 0.25) is 0 Å². The second-order valence-corrected chi connectivity index (χ2v) is 19.3. The Balaban J connectivity index is 1.61. The fourth-order valence-electron chi connectivity index (χ4n) is 8.78. The molecule has 2 bridgehead atoms. The molecule has 4 rings (SSSR count). The highest BCUT2D eigenvalue weighted by Gasteiger charge is 2.51. The van der Waals surface area contributed by atoms with Gasteiger partial charge in [0.1, 0.15) is 24.7 Å². The van der Waals surface area contributed by atoms with Crippen molar-refractivity contribution in [2.75, 3.05) is 0 Å². The number of esters is 2. The molecule has 72 heavy (non-hydrogen) atoms. The van der Waals surface area contributed by atoms with E-state index in [1.165, 1.54) is 0 Å². The van der Waals surface area contributed by atoms with E-state index in [0.717, 1.165) is 0 Å². The Bertz CT molecular complexity index is 1990. The number of ether oxygens (including phenoxy) is 5. The number of allylic oxidation sites excluding steroid dienone is 12. The van der Waals surface area contributed by atoms with E-state index in [0.29, 0.717) is 5.56 Å². The zero-order chi connectivity index (χ0) is 53.0. The summed E-state index contributed by atoms with van der Waals surface area (Å²) in [5, 5.41) is 110. The molecule has 1 aromatic carbocycles. The highest BCUT2D eigenvalue weighted by atomic mass is 16.7. The van der Waals surface area contributed by atoms with Gasteiger partial charge in [-0.2, -0.15) is 0 Å². The minimum absolute atomic E-state index is 0.102. The smallest absolute Gasteiger partial charge is 0.314 e. The van der Waals surface area contributed by atoms with Crippen molar-refractivity contribution in [1.29, 1.82) is 0 Å². The molecule has 0 aromatic heterocycles. The maximum Gasteiger partial charge on any atom is 0.314 e. The lowest BCUT2D eigenvalue weighted by Gasteiger charge is -2.45. The number of hydrogen-bond donors (Lipinski definition) is 11. The number of aliphatic hydroxyl groups excluding tert-OH is 9. The van der Waals surface area contributed by atoms with Crippen LogP contribution in [0.2, 0.25) is 0 Å². The average molecular weight is 1010 g/mol. The number of benzene rings is 1.